The molecule has 0 fully saturated rings. The van der Waals surface area contributed by atoms with Crippen LogP contribution in [0.2, 0.25) is 5.02 Å². The Hall–Kier alpha value is -2.20. The van der Waals surface area contributed by atoms with Crippen LogP contribution in [-0.2, 0) is 19.7 Å². The summed E-state index contributed by atoms with van der Waals surface area (Å²) in [6.07, 6.45) is 0. The lowest BCUT2D eigenvalue weighted by atomic mass is 10.2. The van der Waals surface area contributed by atoms with Gasteiger partial charge in [0.05, 0.1) is 12.1 Å². The van der Waals surface area contributed by atoms with Gasteiger partial charge in [-0.2, -0.15) is 0 Å². The quantitative estimate of drug-likeness (QED) is 0.527. The van der Waals surface area contributed by atoms with Crippen molar-refractivity contribution >= 4 is 24.0 Å². The van der Waals surface area contributed by atoms with Gasteiger partial charge in [-0.05, 0) is 29.3 Å². The Morgan fingerprint density at radius 1 is 0.815 bits per heavy atom. The van der Waals surface area contributed by atoms with E-state index in [1.165, 1.54) is 0 Å². The predicted octanol–water partition coefficient (Wildman–Crippen LogP) is 5.64. The first-order valence-electron chi connectivity index (χ1n) is 8.54. The first-order valence-corrected chi connectivity index (χ1v) is 8.92. The van der Waals surface area contributed by atoms with Crippen molar-refractivity contribution in [3.8, 4) is 11.5 Å². The Balaban J connectivity index is 0.00000261. The minimum Gasteiger partial charge on any atom is -0.496 e. The maximum absolute atomic E-state index is 6.37. The van der Waals surface area contributed by atoms with Gasteiger partial charge in [0.15, 0.2) is 0 Å². The number of ether oxygens (including phenoxy) is 2. The van der Waals surface area contributed by atoms with E-state index in [9.17, 15) is 0 Å². The second-order valence-electron chi connectivity index (χ2n) is 5.95. The molecule has 3 rings (SSSR count). The first kappa shape index (κ1) is 21.1. The average molecular weight is 404 g/mol. The zero-order valence-electron chi connectivity index (χ0n) is 15.2. The van der Waals surface area contributed by atoms with Crippen molar-refractivity contribution in [2.45, 2.75) is 19.7 Å². The summed E-state index contributed by atoms with van der Waals surface area (Å²) in [6.45, 7) is 1.95. The summed E-state index contributed by atoms with van der Waals surface area (Å²) in [4.78, 5) is 0. The molecule has 1 N–H and O–H groups in total. The van der Waals surface area contributed by atoms with Crippen LogP contribution in [-0.4, -0.2) is 7.11 Å². The lowest BCUT2D eigenvalue weighted by molar-refractivity contribution is 0.306. The molecule has 5 heteroatoms. The molecule has 3 aromatic carbocycles. The third-order valence-electron chi connectivity index (χ3n) is 4.07. The highest BCUT2D eigenvalue weighted by Crippen LogP contribution is 2.26. The maximum atomic E-state index is 6.37. The summed E-state index contributed by atoms with van der Waals surface area (Å²) in [5.41, 5.74) is 3.35. The molecule has 0 radical (unpaired) electrons. The van der Waals surface area contributed by atoms with Crippen molar-refractivity contribution < 1.29 is 9.47 Å². The van der Waals surface area contributed by atoms with Crippen molar-refractivity contribution in [3.63, 3.8) is 0 Å². The topological polar surface area (TPSA) is 30.5 Å². The normalized spacial score (nSPS) is 10.1. The SMILES string of the molecule is COc1ccccc1CNCc1ccc(OCc2ccccc2)c(Cl)c1.Cl. The van der Waals surface area contributed by atoms with Crippen molar-refractivity contribution in [3.05, 3.63) is 94.5 Å². The molecular formula is C22H23Cl2NO2. The fourth-order valence-corrected chi connectivity index (χ4v) is 2.95. The molecule has 0 unspecified atom stereocenters. The lowest BCUT2D eigenvalue weighted by Crippen LogP contribution is -2.13. The minimum atomic E-state index is 0. The Morgan fingerprint density at radius 2 is 1.56 bits per heavy atom. The van der Waals surface area contributed by atoms with E-state index in [4.69, 9.17) is 21.1 Å². The number of nitrogens with one attached hydrogen (secondary N) is 1. The molecule has 0 atom stereocenters. The Bertz CT molecular complexity index is 841. The molecule has 0 aliphatic rings. The second-order valence-corrected chi connectivity index (χ2v) is 6.36. The van der Waals surface area contributed by atoms with E-state index in [1.807, 2.05) is 66.7 Å². The van der Waals surface area contributed by atoms with E-state index in [2.05, 4.69) is 11.4 Å². The Labute approximate surface area is 171 Å². The highest BCUT2D eigenvalue weighted by Gasteiger charge is 2.05. The van der Waals surface area contributed by atoms with E-state index in [0.29, 0.717) is 17.4 Å². The average Bonchev–Trinajstić information content (AvgIpc) is 2.68. The van der Waals surface area contributed by atoms with Crippen LogP contribution < -0.4 is 14.8 Å². The van der Waals surface area contributed by atoms with Gasteiger partial charge in [0.2, 0.25) is 0 Å². The number of methoxy groups -OCH3 is 1. The van der Waals surface area contributed by atoms with Crippen molar-refractivity contribution in [1.82, 2.24) is 5.32 Å². The number of rotatable bonds is 8. The van der Waals surface area contributed by atoms with E-state index in [0.717, 1.165) is 35.5 Å². The first-order chi connectivity index (χ1) is 12.8. The van der Waals surface area contributed by atoms with Gasteiger partial charge in [-0.15, -0.1) is 12.4 Å². The highest BCUT2D eigenvalue weighted by atomic mass is 35.5. The van der Waals surface area contributed by atoms with Gasteiger partial charge in [0, 0.05) is 18.7 Å². The molecule has 142 valence electrons. The fraction of sp³-hybridized carbons (Fsp3) is 0.182. The summed E-state index contributed by atoms with van der Waals surface area (Å²) in [7, 11) is 1.69. The van der Waals surface area contributed by atoms with Crippen LogP contribution >= 0.6 is 24.0 Å². The van der Waals surface area contributed by atoms with Crippen LogP contribution in [0.5, 0.6) is 11.5 Å². The molecule has 3 nitrogen and oxygen atoms in total. The molecule has 0 aliphatic heterocycles. The van der Waals surface area contributed by atoms with E-state index in [1.54, 1.807) is 7.11 Å². The standard InChI is InChI=1S/C22H22ClNO2.ClH/c1-25-21-10-6-5-9-19(21)15-24-14-18-11-12-22(20(23)13-18)26-16-17-7-3-2-4-8-17;/h2-13,24H,14-16H2,1H3;1H. The molecule has 0 amide bonds. The van der Waals surface area contributed by atoms with Crippen LogP contribution in [0, 0.1) is 0 Å². The molecule has 0 aliphatic carbocycles. The minimum absolute atomic E-state index is 0. The van der Waals surface area contributed by atoms with Crippen LogP contribution in [0.3, 0.4) is 0 Å². The monoisotopic (exact) mass is 403 g/mol. The van der Waals surface area contributed by atoms with E-state index < -0.39 is 0 Å². The number of hydrogen-bond donors (Lipinski definition) is 1. The molecular weight excluding hydrogens is 381 g/mol. The number of hydrogen-bond acceptors (Lipinski definition) is 3. The highest BCUT2D eigenvalue weighted by molar-refractivity contribution is 6.32. The molecule has 0 saturated carbocycles. The zero-order chi connectivity index (χ0) is 18.2. The Morgan fingerprint density at radius 3 is 2.30 bits per heavy atom. The van der Waals surface area contributed by atoms with E-state index in [-0.39, 0.29) is 12.4 Å². The van der Waals surface area contributed by atoms with Gasteiger partial charge < -0.3 is 14.8 Å². The molecule has 3 aromatic rings. The van der Waals surface area contributed by atoms with Crippen LogP contribution in [0.25, 0.3) is 0 Å². The largest absolute Gasteiger partial charge is 0.496 e. The maximum Gasteiger partial charge on any atom is 0.138 e. The second kappa shape index (κ2) is 10.8. The van der Waals surface area contributed by atoms with Crippen molar-refractivity contribution in [1.29, 1.82) is 0 Å². The molecule has 0 heterocycles. The number of halogens is 2. The summed E-state index contributed by atoms with van der Waals surface area (Å²) in [5.74, 6) is 1.59. The van der Waals surface area contributed by atoms with Gasteiger partial charge in [-0.25, -0.2) is 0 Å². The predicted molar refractivity (Wildman–Crippen MR) is 113 cm³/mol. The summed E-state index contributed by atoms with van der Waals surface area (Å²) in [5, 5.41) is 4.04. The van der Waals surface area contributed by atoms with Gasteiger partial charge in [-0.3, -0.25) is 0 Å². The lowest BCUT2D eigenvalue weighted by Gasteiger charge is -2.11. The smallest absolute Gasteiger partial charge is 0.138 e. The van der Waals surface area contributed by atoms with Crippen LogP contribution in [0.15, 0.2) is 72.8 Å². The third kappa shape index (κ3) is 6.17. The summed E-state index contributed by atoms with van der Waals surface area (Å²) >= 11 is 6.37. The molecule has 0 bridgehead atoms. The number of benzene rings is 3. The van der Waals surface area contributed by atoms with Gasteiger partial charge in [0.1, 0.15) is 18.1 Å². The molecule has 0 saturated heterocycles. The third-order valence-corrected chi connectivity index (χ3v) is 4.37. The van der Waals surface area contributed by atoms with E-state index >= 15 is 0 Å². The molecule has 0 spiro atoms. The summed E-state index contributed by atoms with van der Waals surface area (Å²) in [6, 6.07) is 23.9. The van der Waals surface area contributed by atoms with Gasteiger partial charge in [0.25, 0.3) is 0 Å². The summed E-state index contributed by atoms with van der Waals surface area (Å²) < 4.78 is 11.2. The fourth-order valence-electron chi connectivity index (χ4n) is 2.70. The van der Waals surface area contributed by atoms with Crippen LogP contribution in [0.1, 0.15) is 16.7 Å². The van der Waals surface area contributed by atoms with Gasteiger partial charge >= 0.3 is 0 Å². The van der Waals surface area contributed by atoms with Crippen LogP contribution in [0.4, 0.5) is 0 Å². The Kier molecular flexibility index (Phi) is 8.46. The van der Waals surface area contributed by atoms with Crippen molar-refractivity contribution in [2.24, 2.45) is 0 Å². The van der Waals surface area contributed by atoms with Gasteiger partial charge in [-0.1, -0.05) is 66.2 Å². The van der Waals surface area contributed by atoms with Crippen molar-refractivity contribution in [2.75, 3.05) is 7.11 Å². The number of para-hydroxylation sites is 1. The molecule has 27 heavy (non-hydrogen) atoms. The molecule has 0 aromatic heterocycles. The zero-order valence-corrected chi connectivity index (χ0v) is 16.7.